The summed E-state index contributed by atoms with van der Waals surface area (Å²) in [7, 11) is 2.16. The van der Waals surface area contributed by atoms with Crippen LogP contribution in [-0.4, -0.2) is 98.0 Å². The summed E-state index contributed by atoms with van der Waals surface area (Å²) in [6.07, 6.45) is 3.99. The fourth-order valence-electron chi connectivity index (χ4n) is 4.17. The second kappa shape index (κ2) is 15.8. The van der Waals surface area contributed by atoms with Gasteiger partial charge in [-0.2, -0.15) is 0 Å². The van der Waals surface area contributed by atoms with Crippen molar-refractivity contribution in [1.29, 1.82) is 0 Å². The minimum absolute atomic E-state index is 0.209. The molecule has 1 aromatic rings. The Hall–Kier alpha value is -2.47. The summed E-state index contributed by atoms with van der Waals surface area (Å²) in [4.78, 5) is 39.0. The molecule has 3 heterocycles. The van der Waals surface area contributed by atoms with Crippen LogP contribution in [0.2, 0.25) is 0 Å². The van der Waals surface area contributed by atoms with Crippen LogP contribution >= 0.6 is 11.8 Å². The second-order valence-electron chi connectivity index (χ2n) is 9.50. The molecule has 0 radical (unpaired) electrons. The molecule has 1 N–H and O–H groups in total. The predicted molar refractivity (Wildman–Crippen MR) is 153 cm³/mol. The molecule has 2 aliphatic rings. The van der Waals surface area contributed by atoms with E-state index in [1.54, 1.807) is 12.1 Å². The van der Waals surface area contributed by atoms with Crippen LogP contribution in [0.4, 0.5) is 0 Å². The predicted octanol–water partition coefficient (Wildman–Crippen LogP) is 2.75. The number of carbonyl (C=O) groups excluding carboxylic acids is 1. The van der Waals surface area contributed by atoms with Crippen molar-refractivity contribution in [3.63, 3.8) is 0 Å². The fraction of sp³-hybridized carbons (Fsp3) is 0.630. The van der Waals surface area contributed by atoms with Gasteiger partial charge in [0, 0.05) is 44.5 Å². The van der Waals surface area contributed by atoms with Gasteiger partial charge in [-0.1, -0.05) is 26.0 Å². The average molecular weight is 548 g/mol. The van der Waals surface area contributed by atoms with Crippen LogP contribution in [0.5, 0.6) is 5.75 Å². The van der Waals surface area contributed by atoms with E-state index in [1.165, 1.54) is 17.8 Å². The molecule has 0 saturated carbocycles. The standard InChI is InChI=1S/C27H41N5O5S/c1-5-8-22(24-16-21(36-14-6-2)17-25(33)37-24)29-26(34)23-18-38-27(30-23)20(3)28-19-35-15-7-9-32-12-10-31(4)11-13-32/h6,16-17,22-23H,2,5,7-15,18-19H2,1,3-4H3,(H,29,34)/b28-20+/t22-,23?/m1/s1. The van der Waals surface area contributed by atoms with E-state index >= 15 is 0 Å². The van der Waals surface area contributed by atoms with E-state index in [4.69, 9.17) is 13.9 Å². The third-order valence-electron chi connectivity index (χ3n) is 6.38. The highest BCUT2D eigenvalue weighted by atomic mass is 32.2. The van der Waals surface area contributed by atoms with Crippen LogP contribution in [-0.2, 0) is 9.53 Å². The largest absolute Gasteiger partial charge is 0.489 e. The van der Waals surface area contributed by atoms with Gasteiger partial charge in [0.05, 0.1) is 24.4 Å². The maximum Gasteiger partial charge on any atom is 0.339 e. The van der Waals surface area contributed by atoms with E-state index in [1.807, 2.05) is 13.8 Å². The van der Waals surface area contributed by atoms with Gasteiger partial charge in [-0.05, 0) is 26.8 Å². The quantitative estimate of drug-likeness (QED) is 0.203. The topological polar surface area (TPSA) is 109 Å². The Labute approximate surface area is 229 Å². The molecule has 0 bridgehead atoms. The van der Waals surface area contributed by atoms with E-state index in [0.29, 0.717) is 30.3 Å². The van der Waals surface area contributed by atoms with Gasteiger partial charge in [-0.15, -0.1) is 11.8 Å². The Balaban J connectivity index is 1.47. The van der Waals surface area contributed by atoms with Crippen molar-refractivity contribution >= 4 is 28.4 Å². The van der Waals surface area contributed by atoms with Crippen molar-refractivity contribution in [1.82, 2.24) is 15.1 Å². The van der Waals surface area contributed by atoms with Crippen LogP contribution in [0.3, 0.4) is 0 Å². The smallest absolute Gasteiger partial charge is 0.339 e. The summed E-state index contributed by atoms with van der Waals surface area (Å²) >= 11 is 1.51. The number of likely N-dealkylation sites (N-methyl/N-ethyl adjacent to an activating group) is 1. The molecular formula is C27H41N5O5S. The van der Waals surface area contributed by atoms with Gasteiger partial charge in [0.2, 0.25) is 5.91 Å². The number of aliphatic imine (C=N–C) groups is 2. The van der Waals surface area contributed by atoms with E-state index in [0.717, 1.165) is 56.3 Å². The molecule has 10 nitrogen and oxygen atoms in total. The number of ether oxygens (including phenoxy) is 2. The molecule has 2 aliphatic heterocycles. The first-order valence-corrected chi connectivity index (χ1v) is 14.3. The summed E-state index contributed by atoms with van der Waals surface area (Å²) in [5.74, 6) is 1.07. The Kier molecular flexibility index (Phi) is 12.5. The Morgan fingerprint density at radius 3 is 2.89 bits per heavy atom. The zero-order valence-corrected chi connectivity index (χ0v) is 23.6. The number of carbonyl (C=O) groups is 1. The van der Waals surface area contributed by atoms with E-state index in [2.05, 4.69) is 38.7 Å². The molecule has 1 amide bonds. The Morgan fingerprint density at radius 2 is 2.16 bits per heavy atom. The van der Waals surface area contributed by atoms with Crippen LogP contribution in [0, 0.1) is 0 Å². The van der Waals surface area contributed by atoms with Crippen LogP contribution < -0.4 is 15.7 Å². The van der Waals surface area contributed by atoms with Crippen molar-refractivity contribution in [2.75, 3.05) is 65.5 Å². The van der Waals surface area contributed by atoms with Crippen molar-refractivity contribution in [3.05, 3.63) is 41.0 Å². The minimum atomic E-state index is -0.532. The maximum absolute atomic E-state index is 13.0. The third-order valence-corrected chi connectivity index (χ3v) is 7.54. The van der Waals surface area contributed by atoms with Crippen LogP contribution in [0.25, 0.3) is 0 Å². The van der Waals surface area contributed by atoms with Gasteiger partial charge >= 0.3 is 5.63 Å². The molecule has 2 atom stereocenters. The van der Waals surface area contributed by atoms with Gasteiger partial charge < -0.3 is 29.0 Å². The van der Waals surface area contributed by atoms with E-state index in [9.17, 15) is 9.59 Å². The number of nitrogens with one attached hydrogen (secondary N) is 1. The molecule has 1 fully saturated rings. The van der Waals surface area contributed by atoms with Gasteiger partial charge in [0.15, 0.2) is 0 Å². The highest BCUT2D eigenvalue weighted by Crippen LogP contribution is 2.24. The summed E-state index contributed by atoms with van der Waals surface area (Å²) in [6, 6.07) is 1.94. The molecule has 1 aromatic heterocycles. The lowest BCUT2D eigenvalue weighted by molar-refractivity contribution is -0.122. The van der Waals surface area contributed by atoms with Crippen molar-refractivity contribution in [3.8, 4) is 5.75 Å². The first-order chi connectivity index (χ1) is 18.4. The zero-order valence-electron chi connectivity index (χ0n) is 22.8. The molecule has 0 spiro atoms. The second-order valence-corrected chi connectivity index (χ2v) is 10.5. The molecule has 1 saturated heterocycles. The average Bonchev–Trinajstić information content (AvgIpc) is 3.40. The van der Waals surface area contributed by atoms with Gasteiger partial charge in [-0.3, -0.25) is 14.8 Å². The molecule has 0 aliphatic carbocycles. The minimum Gasteiger partial charge on any atom is -0.489 e. The van der Waals surface area contributed by atoms with Crippen LogP contribution in [0.1, 0.15) is 44.9 Å². The lowest BCUT2D eigenvalue weighted by Crippen LogP contribution is -2.44. The lowest BCUT2D eigenvalue weighted by atomic mass is 10.1. The lowest BCUT2D eigenvalue weighted by Gasteiger charge is -2.32. The molecule has 0 aromatic carbocycles. The first-order valence-electron chi connectivity index (χ1n) is 13.3. The van der Waals surface area contributed by atoms with Crippen molar-refractivity contribution in [2.45, 2.75) is 45.2 Å². The highest BCUT2D eigenvalue weighted by molar-refractivity contribution is 8.16. The SMILES string of the molecule is C=CCOc1cc([C@@H](CCC)NC(=O)C2CSC(/C(C)=N/COCCCN3CCN(C)CC3)=N2)oc(=O)c1. The molecule has 11 heteroatoms. The molecular weight excluding hydrogens is 506 g/mol. The Morgan fingerprint density at radius 1 is 1.37 bits per heavy atom. The molecule has 3 rings (SSSR count). The number of rotatable bonds is 15. The zero-order chi connectivity index (χ0) is 27.3. The molecule has 1 unspecified atom stereocenters. The molecule has 210 valence electrons. The number of nitrogens with zero attached hydrogens (tertiary/aromatic N) is 4. The fourth-order valence-corrected chi connectivity index (χ4v) is 5.18. The number of amides is 1. The first kappa shape index (κ1) is 30.1. The van der Waals surface area contributed by atoms with Crippen LogP contribution in [0.15, 0.2) is 44.0 Å². The van der Waals surface area contributed by atoms with Crippen molar-refractivity contribution in [2.24, 2.45) is 9.98 Å². The van der Waals surface area contributed by atoms with E-state index in [-0.39, 0.29) is 19.2 Å². The van der Waals surface area contributed by atoms with Gasteiger partial charge in [0.1, 0.15) is 35.9 Å². The van der Waals surface area contributed by atoms with Gasteiger partial charge in [0.25, 0.3) is 0 Å². The molecule has 38 heavy (non-hydrogen) atoms. The number of piperazine rings is 1. The number of hydrogen-bond acceptors (Lipinski definition) is 10. The maximum atomic E-state index is 13.0. The van der Waals surface area contributed by atoms with Gasteiger partial charge in [-0.25, -0.2) is 4.79 Å². The normalized spacial score (nSPS) is 19.7. The summed E-state index contributed by atoms with van der Waals surface area (Å²) in [5.41, 5.74) is 0.245. The highest BCUT2D eigenvalue weighted by Gasteiger charge is 2.29. The van der Waals surface area contributed by atoms with E-state index < -0.39 is 17.7 Å². The summed E-state index contributed by atoms with van der Waals surface area (Å²) in [6.45, 7) is 14.3. The summed E-state index contributed by atoms with van der Waals surface area (Å²) in [5, 5.41) is 3.76. The third kappa shape index (κ3) is 9.68. The monoisotopic (exact) mass is 547 g/mol. The number of thioether (sulfide) groups is 1. The number of hydrogen-bond donors (Lipinski definition) is 1. The summed E-state index contributed by atoms with van der Waals surface area (Å²) < 4.78 is 16.6. The van der Waals surface area contributed by atoms with Crippen molar-refractivity contribution < 1.29 is 18.7 Å². The Bertz CT molecular complexity index is 1030.